The molecule has 1 aromatic rings. The summed E-state index contributed by atoms with van der Waals surface area (Å²) in [6.07, 6.45) is 6.76. The quantitative estimate of drug-likeness (QED) is 0.799. The molecule has 0 atom stereocenters. The molecule has 1 aliphatic heterocycles. The molecule has 2 fully saturated rings. The molecule has 6 heteroatoms. The van der Waals surface area contributed by atoms with Gasteiger partial charge in [0, 0.05) is 51.3 Å². The van der Waals surface area contributed by atoms with E-state index in [9.17, 15) is 9.59 Å². The molecule has 0 unspecified atom stereocenters. The van der Waals surface area contributed by atoms with Crippen LogP contribution in [0.4, 0.5) is 0 Å². The Morgan fingerprint density at radius 2 is 2.04 bits per heavy atom. The first-order valence-corrected chi connectivity index (χ1v) is 9.66. The maximum absolute atomic E-state index is 12.2. The molecule has 24 heavy (non-hydrogen) atoms. The summed E-state index contributed by atoms with van der Waals surface area (Å²) in [6.45, 7) is 4.92. The highest BCUT2D eigenvalue weighted by molar-refractivity contribution is 7.08. The van der Waals surface area contributed by atoms with Crippen molar-refractivity contribution in [3.8, 4) is 0 Å². The molecule has 0 radical (unpaired) electrons. The molecule has 130 valence electrons. The lowest BCUT2D eigenvalue weighted by atomic mass is 9.84. The Morgan fingerprint density at radius 3 is 2.67 bits per heavy atom. The van der Waals surface area contributed by atoms with Crippen LogP contribution in [0.15, 0.2) is 22.9 Å². The molecule has 1 saturated heterocycles. The van der Waals surface area contributed by atoms with Crippen molar-refractivity contribution < 1.29 is 9.59 Å². The van der Waals surface area contributed by atoms with Crippen molar-refractivity contribution >= 4 is 29.2 Å². The zero-order valence-corrected chi connectivity index (χ0v) is 14.8. The summed E-state index contributed by atoms with van der Waals surface area (Å²) in [7, 11) is 0. The smallest absolute Gasteiger partial charge is 0.244 e. The minimum atomic E-state index is -0.0556. The summed E-state index contributed by atoms with van der Waals surface area (Å²) >= 11 is 1.62. The predicted octanol–water partition coefficient (Wildman–Crippen LogP) is 1.82. The standard InChI is InChI=1S/C18H25N3O2S/c22-17(5-4-15-6-13-24-14-15)19-7-8-20-9-11-21(12-10-20)18(23)16-2-1-3-16/h4-6,13-14,16H,1-3,7-12H2,(H,19,22)/b5-4+. The van der Waals surface area contributed by atoms with Gasteiger partial charge in [0.1, 0.15) is 0 Å². The first-order chi connectivity index (χ1) is 11.7. The molecule has 5 nitrogen and oxygen atoms in total. The molecular formula is C18H25N3O2S. The summed E-state index contributed by atoms with van der Waals surface area (Å²) in [6, 6.07) is 1.98. The van der Waals surface area contributed by atoms with Gasteiger partial charge >= 0.3 is 0 Å². The molecule has 1 aromatic heterocycles. The summed E-state index contributed by atoms with van der Waals surface area (Å²) < 4.78 is 0. The van der Waals surface area contributed by atoms with E-state index in [1.807, 2.05) is 27.8 Å². The largest absolute Gasteiger partial charge is 0.351 e. The maximum atomic E-state index is 12.2. The first kappa shape index (κ1) is 17.2. The van der Waals surface area contributed by atoms with Crippen molar-refractivity contribution in [2.75, 3.05) is 39.3 Å². The second-order valence-corrected chi connectivity index (χ2v) is 7.26. The van der Waals surface area contributed by atoms with Crippen LogP contribution >= 0.6 is 11.3 Å². The normalized spacial score (nSPS) is 19.4. The molecule has 2 aliphatic rings. The fourth-order valence-corrected chi connectivity index (χ4v) is 3.67. The summed E-state index contributed by atoms with van der Waals surface area (Å²) in [5.41, 5.74) is 1.06. The fraction of sp³-hybridized carbons (Fsp3) is 0.556. The fourth-order valence-electron chi connectivity index (χ4n) is 3.04. The Bertz CT molecular complexity index is 573. The number of hydrogen-bond acceptors (Lipinski definition) is 4. The molecule has 2 amide bonds. The lowest BCUT2D eigenvalue weighted by Gasteiger charge is -2.38. The zero-order chi connectivity index (χ0) is 16.8. The van der Waals surface area contributed by atoms with Gasteiger partial charge in [0.15, 0.2) is 0 Å². The van der Waals surface area contributed by atoms with Gasteiger partial charge in [-0.05, 0) is 41.3 Å². The minimum Gasteiger partial charge on any atom is -0.351 e. The van der Waals surface area contributed by atoms with E-state index in [1.165, 1.54) is 6.42 Å². The van der Waals surface area contributed by atoms with Crippen LogP contribution < -0.4 is 5.32 Å². The lowest BCUT2D eigenvalue weighted by Crippen LogP contribution is -2.52. The van der Waals surface area contributed by atoms with Crippen LogP contribution in [0.1, 0.15) is 24.8 Å². The Morgan fingerprint density at radius 1 is 1.25 bits per heavy atom. The number of carbonyl (C=O) groups is 2. The number of hydrogen-bond donors (Lipinski definition) is 1. The molecule has 1 saturated carbocycles. The Labute approximate surface area is 147 Å². The maximum Gasteiger partial charge on any atom is 0.244 e. The third-order valence-corrected chi connectivity index (χ3v) is 5.54. The van der Waals surface area contributed by atoms with Gasteiger partial charge in [-0.1, -0.05) is 6.42 Å². The van der Waals surface area contributed by atoms with Crippen LogP contribution in [-0.4, -0.2) is 60.9 Å². The molecule has 0 bridgehead atoms. The van der Waals surface area contributed by atoms with Crippen molar-refractivity contribution in [1.29, 1.82) is 0 Å². The average Bonchev–Trinajstić information content (AvgIpc) is 3.05. The number of rotatable bonds is 6. The van der Waals surface area contributed by atoms with Crippen LogP contribution in [0.3, 0.4) is 0 Å². The summed E-state index contributed by atoms with van der Waals surface area (Å²) in [5, 5.41) is 6.92. The molecule has 0 aromatic carbocycles. The average molecular weight is 347 g/mol. The van der Waals surface area contributed by atoms with E-state index in [-0.39, 0.29) is 5.91 Å². The zero-order valence-electron chi connectivity index (χ0n) is 13.9. The van der Waals surface area contributed by atoms with Crippen molar-refractivity contribution in [1.82, 2.24) is 15.1 Å². The van der Waals surface area contributed by atoms with Gasteiger partial charge in [-0.2, -0.15) is 11.3 Å². The molecular weight excluding hydrogens is 322 g/mol. The van der Waals surface area contributed by atoms with Crippen molar-refractivity contribution in [3.63, 3.8) is 0 Å². The number of thiophene rings is 1. The van der Waals surface area contributed by atoms with Crippen LogP contribution in [0.25, 0.3) is 6.08 Å². The number of nitrogens with one attached hydrogen (secondary N) is 1. The van der Waals surface area contributed by atoms with E-state index in [1.54, 1.807) is 17.4 Å². The van der Waals surface area contributed by atoms with Crippen molar-refractivity contribution in [2.24, 2.45) is 5.92 Å². The van der Waals surface area contributed by atoms with Gasteiger partial charge in [0.05, 0.1) is 0 Å². The van der Waals surface area contributed by atoms with Gasteiger partial charge in [-0.3, -0.25) is 14.5 Å². The van der Waals surface area contributed by atoms with E-state index >= 15 is 0 Å². The molecule has 1 aliphatic carbocycles. The molecule has 1 N–H and O–H groups in total. The van der Waals surface area contributed by atoms with E-state index in [4.69, 9.17) is 0 Å². The van der Waals surface area contributed by atoms with Gasteiger partial charge in [0.25, 0.3) is 0 Å². The molecule has 3 rings (SSSR count). The van der Waals surface area contributed by atoms with Crippen molar-refractivity contribution in [3.05, 3.63) is 28.5 Å². The molecule has 2 heterocycles. The van der Waals surface area contributed by atoms with Crippen LogP contribution in [-0.2, 0) is 9.59 Å². The van der Waals surface area contributed by atoms with Crippen molar-refractivity contribution in [2.45, 2.75) is 19.3 Å². The van der Waals surface area contributed by atoms with E-state index in [0.29, 0.717) is 18.4 Å². The van der Waals surface area contributed by atoms with Gasteiger partial charge in [-0.15, -0.1) is 0 Å². The minimum absolute atomic E-state index is 0.0556. The van der Waals surface area contributed by atoms with E-state index in [0.717, 1.165) is 51.1 Å². The van der Waals surface area contributed by atoms with Gasteiger partial charge < -0.3 is 10.2 Å². The first-order valence-electron chi connectivity index (χ1n) is 8.71. The van der Waals surface area contributed by atoms with Gasteiger partial charge in [0.2, 0.25) is 11.8 Å². The lowest BCUT2D eigenvalue weighted by molar-refractivity contribution is -0.139. The number of piperazine rings is 1. The highest BCUT2D eigenvalue weighted by atomic mass is 32.1. The summed E-state index contributed by atoms with van der Waals surface area (Å²) in [5.74, 6) is 0.596. The SMILES string of the molecule is O=C(/C=C/c1ccsc1)NCCN1CCN(C(=O)C2CCC2)CC1. The topological polar surface area (TPSA) is 52.7 Å². The monoisotopic (exact) mass is 347 g/mol. The van der Waals surface area contributed by atoms with Crippen LogP contribution in [0.5, 0.6) is 0 Å². The van der Waals surface area contributed by atoms with E-state index < -0.39 is 0 Å². The second kappa shape index (κ2) is 8.44. The van der Waals surface area contributed by atoms with Crippen LogP contribution in [0, 0.1) is 5.92 Å². The Kier molecular flexibility index (Phi) is 6.04. The highest BCUT2D eigenvalue weighted by Crippen LogP contribution is 2.28. The highest BCUT2D eigenvalue weighted by Gasteiger charge is 2.30. The number of amides is 2. The van der Waals surface area contributed by atoms with Crippen LogP contribution in [0.2, 0.25) is 0 Å². The number of nitrogens with zero attached hydrogens (tertiary/aromatic N) is 2. The second-order valence-electron chi connectivity index (χ2n) is 6.48. The van der Waals surface area contributed by atoms with E-state index in [2.05, 4.69) is 10.2 Å². The third-order valence-electron chi connectivity index (χ3n) is 4.84. The summed E-state index contributed by atoms with van der Waals surface area (Å²) in [4.78, 5) is 28.3. The number of carbonyl (C=O) groups excluding carboxylic acids is 2. The molecule has 0 spiro atoms. The predicted molar refractivity (Wildman–Crippen MR) is 96.7 cm³/mol. The Hall–Kier alpha value is -1.66. The Balaban J connectivity index is 1.30. The van der Waals surface area contributed by atoms with Gasteiger partial charge in [-0.25, -0.2) is 0 Å². The third kappa shape index (κ3) is 4.68.